The fourth-order valence-electron chi connectivity index (χ4n) is 4.22. The van der Waals surface area contributed by atoms with E-state index in [0.717, 1.165) is 31.5 Å². The fraction of sp³-hybridized carbons (Fsp3) is 0.357. The van der Waals surface area contributed by atoms with E-state index in [0.29, 0.717) is 18.0 Å². The van der Waals surface area contributed by atoms with Crippen molar-refractivity contribution in [2.24, 2.45) is 0 Å². The SMILES string of the molecule is COc1ccc(CNC2(c3ccccc3)CC2)cc1OC[C@@H](O)CN(C)Cc1ccccc1. The molecule has 5 heteroatoms. The van der Waals surface area contributed by atoms with Gasteiger partial charge >= 0.3 is 0 Å². The van der Waals surface area contributed by atoms with Gasteiger partial charge in [-0.15, -0.1) is 0 Å². The highest BCUT2D eigenvalue weighted by Gasteiger charge is 2.43. The zero-order valence-corrected chi connectivity index (χ0v) is 19.5. The van der Waals surface area contributed by atoms with Gasteiger partial charge in [0.15, 0.2) is 11.5 Å². The predicted octanol–water partition coefficient (Wildman–Crippen LogP) is 4.35. The zero-order chi connectivity index (χ0) is 23.1. The number of ether oxygens (including phenoxy) is 2. The number of benzene rings is 3. The maximum absolute atomic E-state index is 10.5. The molecule has 0 aromatic heterocycles. The second-order valence-corrected chi connectivity index (χ2v) is 8.93. The highest BCUT2D eigenvalue weighted by Crippen LogP contribution is 2.45. The average molecular weight is 447 g/mol. The Balaban J connectivity index is 1.31. The highest BCUT2D eigenvalue weighted by molar-refractivity contribution is 5.43. The van der Waals surface area contributed by atoms with E-state index in [1.807, 2.05) is 37.4 Å². The van der Waals surface area contributed by atoms with Gasteiger partial charge in [0.05, 0.1) is 7.11 Å². The summed E-state index contributed by atoms with van der Waals surface area (Å²) in [5.74, 6) is 1.33. The van der Waals surface area contributed by atoms with Crippen LogP contribution in [0.25, 0.3) is 0 Å². The summed E-state index contributed by atoms with van der Waals surface area (Å²) in [6.07, 6.45) is 1.70. The maximum atomic E-state index is 10.5. The number of hydrogen-bond donors (Lipinski definition) is 2. The molecule has 3 aromatic carbocycles. The Morgan fingerprint density at radius 1 is 0.939 bits per heavy atom. The minimum absolute atomic E-state index is 0.0851. The van der Waals surface area contributed by atoms with Crippen molar-refractivity contribution in [3.8, 4) is 11.5 Å². The van der Waals surface area contributed by atoms with Gasteiger partial charge in [0, 0.05) is 25.2 Å². The number of hydrogen-bond acceptors (Lipinski definition) is 5. The van der Waals surface area contributed by atoms with Crippen LogP contribution in [-0.4, -0.2) is 43.4 Å². The predicted molar refractivity (Wildman–Crippen MR) is 131 cm³/mol. The number of methoxy groups -OCH3 is 1. The largest absolute Gasteiger partial charge is 0.493 e. The Morgan fingerprint density at radius 3 is 2.30 bits per heavy atom. The maximum Gasteiger partial charge on any atom is 0.161 e. The van der Waals surface area contributed by atoms with Crippen molar-refractivity contribution in [2.45, 2.75) is 37.6 Å². The van der Waals surface area contributed by atoms with Gasteiger partial charge in [-0.25, -0.2) is 0 Å². The molecular formula is C28H34N2O3. The second kappa shape index (κ2) is 10.8. The molecule has 33 heavy (non-hydrogen) atoms. The molecule has 1 aliphatic carbocycles. The lowest BCUT2D eigenvalue weighted by atomic mass is 10.0. The van der Waals surface area contributed by atoms with Crippen LogP contribution >= 0.6 is 0 Å². The minimum Gasteiger partial charge on any atom is -0.493 e. The van der Waals surface area contributed by atoms with Crippen LogP contribution in [0.1, 0.15) is 29.5 Å². The number of rotatable bonds is 12. The summed E-state index contributed by atoms with van der Waals surface area (Å²) >= 11 is 0. The normalized spacial score (nSPS) is 15.3. The average Bonchev–Trinajstić information content (AvgIpc) is 3.64. The molecule has 0 radical (unpaired) electrons. The molecule has 0 amide bonds. The molecule has 4 rings (SSSR count). The lowest BCUT2D eigenvalue weighted by molar-refractivity contribution is 0.0732. The summed E-state index contributed by atoms with van der Waals surface area (Å²) in [5, 5.41) is 14.2. The van der Waals surface area contributed by atoms with E-state index < -0.39 is 6.10 Å². The number of aliphatic hydroxyl groups excluding tert-OH is 1. The standard InChI is InChI=1S/C28H34N2O3/c1-30(19-22-9-5-3-6-10-22)20-25(31)21-33-27-17-23(13-14-26(27)32-2)18-29-28(15-16-28)24-11-7-4-8-12-24/h3-14,17,25,29,31H,15-16,18-21H2,1-2H3/t25-/m0/s1. The van der Waals surface area contributed by atoms with Crippen LogP contribution in [0, 0.1) is 0 Å². The monoisotopic (exact) mass is 446 g/mol. The summed E-state index contributed by atoms with van der Waals surface area (Å²) in [5.41, 5.74) is 3.78. The third-order valence-electron chi connectivity index (χ3n) is 6.18. The van der Waals surface area contributed by atoms with E-state index in [2.05, 4.69) is 58.7 Å². The first-order valence-electron chi connectivity index (χ1n) is 11.6. The van der Waals surface area contributed by atoms with Gasteiger partial charge in [-0.1, -0.05) is 66.7 Å². The van der Waals surface area contributed by atoms with Crippen molar-refractivity contribution in [1.29, 1.82) is 0 Å². The topological polar surface area (TPSA) is 54.0 Å². The first kappa shape index (κ1) is 23.3. The third-order valence-corrected chi connectivity index (χ3v) is 6.18. The highest BCUT2D eigenvalue weighted by atomic mass is 16.5. The van der Waals surface area contributed by atoms with Crippen LogP contribution in [0.4, 0.5) is 0 Å². The van der Waals surface area contributed by atoms with E-state index in [9.17, 15) is 5.11 Å². The molecular weight excluding hydrogens is 412 g/mol. The molecule has 3 aromatic rings. The van der Waals surface area contributed by atoms with Gasteiger partial charge in [0.25, 0.3) is 0 Å². The lowest BCUT2D eigenvalue weighted by Gasteiger charge is -2.22. The fourth-order valence-corrected chi connectivity index (χ4v) is 4.22. The van der Waals surface area contributed by atoms with Crippen LogP contribution in [-0.2, 0) is 18.6 Å². The van der Waals surface area contributed by atoms with Crippen molar-refractivity contribution in [1.82, 2.24) is 10.2 Å². The molecule has 1 atom stereocenters. The molecule has 0 spiro atoms. The quantitative estimate of drug-likeness (QED) is 0.433. The van der Waals surface area contributed by atoms with E-state index >= 15 is 0 Å². The van der Waals surface area contributed by atoms with Crippen molar-refractivity contribution in [2.75, 3.05) is 27.3 Å². The summed E-state index contributed by atoms with van der Waals surface area (Å²) in [6.45, 7) is 2.27. The molecule has 1 fully saturated rings. The van der Waals surface area contributed by atoms with E-state index in [1.165, 1.54) is 11.1 Å². The molecule has 1 saturated carbocycles. The number of nitrogens with zero attached hydrogens (tertiary/aromatic N) is 1. The molecule has 174 valence electrons. The summed E-state index contributed by atoms with van der Waals surface area (Å²) < 4.78 is 11.5. The van der Waals surface area contributed by atoms with Gasteiger partial charge in [-0.3, -0.25) is 4.90 Å². The summed E-state index contributed by atoms with van der Waals surface area (Å²) in [7, 11) is 3.64. The van der Waals surface area contributed by atoms with Crippen molar-refractivity contribution in [3.63, 3.8) is 0 Å². The van der Waals surface area contributed by atoms with Gasteiger partial charge in [0.1, 0.15) is 12.7 Å². The zero-order valence-electron chi connectivity index (χ0n) is 19.5. The van der Waals surface area contributed by atoms with Gasteiger partial charge in [-0.2, -0.15) is 0 Å². The van der Waals surface area contributed by atoms with Crippen molar-refractivity contribution < 1.29 is 14.6 Å². The molecule has 0 unspecified atom stereocenters. The number of aliphatic hydroxyl groups is 1. The Labute approximate surface area is 197 Å². The van der Waals surface area contributed by atoms with E-state index in [-0.39, 0.29) is 12.1 Å². The smallest absolute Gasteiger partial charge is 0.161 e. The van der Waals surface area contributed by atoms with Crippen LogP contribution in [0.3, 0.4) is 0 Å². The second-order valence-electron chi connectivity index (χ2n) is 8.93. The van der Waals surface area contributed by atoms with Crippen LogP contribution in [0.15, 0.2) is 78.9 Å². The Kier molecular flexibility index (Phi) is 7.65. The van der Waals surface area contributed by atoms with Crippen molar-refractivity contribution >= 4 is 0 Å². The Bertz CT molecular complexity index is 1010. The Hall–Kier alpha value is -2.86. The van der Waals surface area contributed by atoms with E-state index in [4.69, 9.17) is 9.47 Å². The summed E-state index contributed by atoms with van der Waals surface area (Å²) in [4.78, 5) is 2.10. The van der Waals surface area contributed by atoms with E-state index in [1.54, 1.807) is 7.11 Å². The number of nitrogens with one attached hydrogen (secondary N) is 1. The summed E-state index contributed by atoms with van der Waals surface area (Å²) in [6, 6.07) is 26.9. The molecule has 5 nitrogen and oxygen atoms in total. The lowest BCUT2D eigenvalue weighted by Crippen LogP contribution is -2.32. The molecule has 0 aliphatic heterocycles. The Morgan fingerprint density at radius 2 is 1.64 bits per heavy atom. The van der Waals surface area contributed by atoms with Crippen LogP contribution < -0.4 is 14.8 Å². The minimum atomic E-state index is -0.599. The third kappa shape index (κ3) is 6.35. The molecule has 0 heterocycles. The first-order valence-corrected chi connectivity index (χ1v) is 11.6. The van der Waals surface area contributed by atoms with Crippen LogP contribution in [0.5, 0.6) is 11.5 Å². The molecule has 2 N–H and O–H groups in total. The molecule has 0 bridgehead atoms. The molecule has 1 aliphatic rings. The molecule has 0 saturated heterocycles. The van der Waals surface area contributed by atoms with Gasteiger partial charge in [0.2, 0.25) is 0 Å². The first-order chi connectivity index (χ1) is 16.1. The number of likely N-dealkylation sites (N-methyl/N-ethyl adjacent to an activating group) is 1. The van der Waals surface area contributed by atoms with Gasteiger partial charge in [-0.05, 0) is 48.7 Å². The van der Waals surface area contributed by atoms with Crippen LogP contribution in [0.2, 0.25) is 0 Å². The van der Waals surface area contributed by atoms with Crippen molar-refractivity contribution in [3.05, 3.63) is 95.6 Å². The van der Waals surface area contributed by atoms with Gasteiger partial charge < -0.3 is 19.9 Å².